The molecular formula is C26H24N2O5. The Hall–Kier alpha value is -4.13. The predicted molar refractivity (Wildman–Crippen MR) is 123 cm³/mol. The average Bonchev–Trinajstić information content (AvgIpc) is 3.09. The molecule has 1 saturated heterocycles. The third-order valence-corrected chi connectivity index (χ3v) is 5.66. The molecule has 4 rings (SSSR count). The van der Waals surface area contributed by atoms with E-state index in [2.05, 4.69) is 4.98 Å². The Morgan fingerprint density at radius 2 is 1.76 bits per heavy atom. The average molecular weight is 444 g/mol. The topological polar surface area (TPSA) is 89.0 Å². The van der Waals surface area contributed by atoms with Gasteiger partial charge in [-0.1, -0.05) is 42.0 Å². The molecule has 2 heterocycles. The van der Waals surface area contributed by atoms with E-state index in [9.17, 15) is 14.7 Å². The monoisotopic (exact) mass is 444 g/mol. The Kier molecular flexibility index (Phi) is 6.13. The maximum absolute atomic E-state index is 13.2. The van der Waals surface area contributed by atoms with Crippen LogP contribution in [0, 0.1) is 6.92 Å². The molecule has 1 atom stereocenters. The lowest BCUT2D eigenvalue weighted by molar-refractivity contribution is -0.140. The Bertz CT molecular complexity index is 1220. The fourth-order valence-corrected chi connectivity index (χ4v) is 3.97. The molecule has 1 fully saturated rings. The third kappa shape index (κ3) is 4.17. The molecule has 2 aromatic carbocycles. The highest BCUT2D eigenvalue weighted by Crippen LogP contribution is 2.42. The molecule has 0 aliphatic carbocycles. The van der Waals surface area contributed by atoms with Gasteiger partial charge in [-0.25, -0.2) is 0 Å². The van der Waals surface area contributed by atoms with E-state index < -0.39 is 17.7 Å². The van der Waals surface area contributed by atoms with Crippen molar-refractivity contribution in [1.29, 1.82) is 0 Å². The number of ketones is 1. The molecule has 7 heteroatoms. The fraction of sp³-hybridized carbons (Fsp3) is 0.192. The number of pyridine rings is 1. The van der Waals surface area contributed by atoms with Crippen LogP contribution in [-0.2, 0) is 16.1 Å². The molecule has 1 N–H and O–H groups in total. The van der Waals surface area contributed by atoms with Crippen molar-refractivity contribution < 1.29 is 24.2 Å². The van der Waals surface area contributed by atoms with Gasteiger partial charge in [0.05, 0.1) is 25.8 Å². The summed E-state index contributed by atoms with van der Waals surface area (Å²) in [7, 11) is 3.05. The summed E-state index contributed by atoms with van der Waals surface area (Å²) in [6.45, 7) is 2.09. The van der Waals surface area contributed by atoms with Crippen molar-refractivity contribution in [3.63, 3.8) is 0 Å². The molecule has 0 radical (unpaired) electrons. The van der Waals surface area contributed by atoms with Gasteiger partial charge in [0.2, 0.25) is 0 Å². The highest BCUT2D eigenvalue weighted by Gasteiger charge is 2.46. The molecule has 0 bridgehead atoms. The first-order chi connectivity index (χ1) is 15.9. The van der Waals surface area contributed by atoms with E-state index in [1.807, 2.05) is 25.1 Å². The first kappa shape index (κ1) is 22.1. The number of carbonyl (C=O) groups excluding carboxylic acids is 2. The minimum atomic E-state index is -0.814. The zero-order valence-electron chi connectivity index (χ0n) is 18.6. The molecule has 1 aliphatic heterocycles. The molecule has 1 amide bonds. The molecule has 7 nitrogen and oxygen atoms in total. The van der Waals surface area contributed by atoms with Crippen molar-refractivity contribution in [2.45, 2.75) is 19.5 Å². The minimum absolute atomic E-state index is 0.0277. The largest absolute Gasteiger partial charge is 0.507 e. The number of aliphatic hydroxyl groups is 1. The Morgan fingerprint density at radius 1 is 1.03 bits per heavy atom. The zero-order valence-corrected chi connectivity index (χ0v) is 18.6. The molecule has 0 spiro atoms. The van der Waals surface area contributed by atoms with Crippen LogP contribution in [0.25, 0.3) is 5.76 Å². The molecule has 1 unspecified atom stereocenters. The molecule has 0 saturated carbocycles. The smallest absolute Gasteiger partial charge is 0.295 e. The van der Waals surface area contributed by atoms with Crippen LogP contribution in [0.4, 0.5) is 0 Å². The predicted octanol–water partition coefficient (Wildman–Crippen LogP) is 4.03. The number of hydrogen-bond donors (Lipinski definition) is 1. The van der Waals surface area contributed by atoms with Crippen LogP contribution in [0.15, 0.2) is 72.6 Å². The number of aryl methyl sites for hydroxylation is 1. The second kappa shape index (κ2) is 9.16. The number of hydrogen-bond acceptors (Lipinski definition) is 6. The second-order valence-electron chi connectivity index (χ2n) is 7.77. The first-order valence-electron chi connectivity index (χ1n) is 10.4. The maximum atomic E-state index is 13.2. The fourth-order valence-electron chi connectivity index (χ4n) is 3.97. The summed E-state index contributed by atoms with van der Waals surface area (Å²) < 4.78 is 10.8. The lowest BCUT2D eigenvalue weighted by atomic mass is 9.94. The van der Waals surface area contributed by atoms with Crippen LogP contribution in [0.3, 0.4) is 0 Å². The summed E-state index contributed by atoms with van der Waals surface area (Å²) in [6.07, 6.45) is 3.28. The Balaban J connectivity index is 1.89. The quantitative estimate of drug-likeness (QED) is 0.351. The summed E-state index contributed by atoms with van der Waals surface area (Å²) in [5, 5.41) is 11.2. The number of amides is 1. The number of methoxy groups -OCH3 is 2. The maximum Gasteiger partial charge on any atom is 0.295 e. The molecular weight excluding hydrogens is 420 g/mol. The van der Waals surface area contributed by atoms with E-state index >= 15 is 0 Å². The summed E-state index contributed by atoms with van der Waals surface area (Å²) in [6, 6.07) is 15.1. The van der Waals surface area contributed by atoms with Gasteiger partial charge in [0.25, 0.3) is 11.7 Å². The van der Waals surface area contributed by atoms with E-state index in [-0.39, 0.29) is 17.9 Å². The lowest BCUT2D eigenvalue weighted by Gasteiger charge is -2.26. The van der Waals surface area contributed by atoms with E-state index in [0.29, 0.717) is 22.6 Å². The van der Waals surface area contributed by atoms with Crippen LogP contribution < -0.4 is 9.47 Å². The molecule has 3 aromatic rings. The van der Waals surface area contributed by atoms with Gasteiger partial charge < -0.3 is 19.5 Å². The van der Waals surface area contributed by atoms with Crippen LogP contribution >= 0.6 is 0 Å². The summed E-state index contributed by atoms with van der Waals surface area (Å²) in [5.41, 5.74) is 2.88. The summed E-state index contributed by atoms with van der Waals surface area (Å²) in [5.74, 6) is -0.674. The minimum Gasteiger partial charge on any atom is -0.507 e. The summed E-state index contributed by atoms with van der Waals surface area (Å²) >= 11 is 0. The number of Topliss-reactive ketones (excluding diaryl/α,β-unsaturated/α-hetero) is 1. The van der Waals surface area contributed by atoms with Crippen LogP contribution in [0.2, 0.25) is 0 Å². The van der Waals surface area contributed by atoms with Crippen LogP contribution in [0.1, 0.15) is 28.3 Å². The first-order valence-corrected chi connectivity index (χ1v) is 10.4. The van der Waals surface area contributed by atoms with Gasteiger partial charge in [-0.3, -0.25) is 14.6 Å². The second-order valence-corrected chi connectivity index (χ2v) is 7.77. The Morgan fingerprint density at radius 3 is 2.39 bits per heavy atom. The third-order valence-electron chi connectivity index (χ3n) is 5.66. The van der Waals surface area contributed by atoms with Crippen molar-refractivity contribution in [3.8, 4) is 11.5 Å². The van der Waals surface area contributed by atoms with E-state index in [0.717, 1.165) is 11.1 Å². The molecule has 33 heavy (non-hydrogen) atoms. The number of likely N-dealkylation sites (tertiary alicyclic amines) is 1. The van der Waals surface area contributed by atoms with Crippen molar-refractivity contribution in [2.75, 3.05) is 14.2 Å². The summed E-state index contributed by atoms with van der Waals surface area (Å²) in [4.78, 5) is 31.8. The number of carbonyl (C=O) groups is 2. The van der Waals surface area contributed by atoms with E-state index in [1.54, 1.807) is 48.8 Å². The highest BCUT2D eigenvalue weighted by atomic mass is 16.5. The standard InChI is InChI=1S/C26H24N2O5/c1-16-6-8-18(9-7-16)24(29)22-23(19-10-11-20(32-2)21(13-19)33-3)28(26(31)25(22)30)15-17-5-4-12-27-14-17/h4-14,23,29H,15H2,1-3H3/b24-22+. The SMILES string of the molecule is COc1ccc(C2/C(=C(\O)c3ccc(C)cc3)C(=O)C(=O)N2Cc2cccnc2)cc1OC. The van der Waals surface area contributed by atoms with Gasteiger partial charge in [0, 0.05) is 24.5 Å². The van der Waals surface area contributed by atoms with Crippen LogP contribution in [-0.4, -0.2) is 40.9 Å². The van der Waals surface area contributed by atoms with Crippen molar-refractivity contribution in [2.24, 2.45) is 0 Å². The number of rotatable bonds is 6. The Labute approximate surface area is 191 Å². The number of nitrogens with zero attached hydrogens (tertiary/aromatic N) is 2. The zero-order chi connectivity index (χ0) is 23.5. The van der Waals surface area contributed by atoms with E-state index in [1.165, 1.54) is 19.1 Å². The van der Waals surface area contributed by atoms with Crippen molar-refractivity contribution >= 4 is 17.4 Å². The van der Waals surface area contributed by atoms with Gasteiger partial charge in [-0.2, -0.15) is 0 Å². The number of aliphatic hydroxyl groups excluding tert-OH is 1. The van der Waals surface area contributed by atoms with Gasteiger partial charge in [-0.15, -0.1) is 0 Å². The van der Waals surface area contributed by atoms with Gasteiger partial charge >= 0.3 is 0 Å². The number of ether oxygens (including phenoxy) is 2. The molecule has 1 aliphatic rings. The molecule has 168 valence electrons. The van der Waals surface area contributed by atoms with Gasteiger partial charge in [0.1, 0.15) is 5.76 Å². The highest BCUT2D eigenvalue weighted by molar-refractivity contribution is 6.46. The number of aromatic nitrogens is 1. The van der Waals surface area contributed by atoms with Crippen LogP contribution in [0.5, 0.6) is 11.5 Å². The number of benzene rings is 2. The van der Waals surface area contributed by atoms with Crippen molar-refractivity contribution in [1.82, 2.24) is 9.88 Å². The van der Waals surface area contributed by atoms with E-state index in [4.69, 9.17) is 9.47 Å². The lowest BCUT2D eigenvalue weighted by Crippen LogP contribution is -2.29. The van der Waals surface area contributed by atoms with Crippen molar-refractivity contribution in [3.05, 3.63) is 94.8 Å². The molecule has 1 aromatic heterocycles. The van der Waals surface area contributed by atoms with Gasteiger partial charge in [0.15, 0.2) is 11.5 Å². The van der Waals surface area contributed by atoms with Gasteiger partial charge in [-0.05, 0) is 36.2 Å². The normalized spacial score (nSPS) is 17.3.